The number of thioether (sulfide) groups is 1. The number of benzene rings is 4. The van der Waals surface area contributed by atoms with Crippen molar-refractivity contribution in [2.24, 2.45) is 25.0 Å². The molecule has 0 radical (unpaired) electrons. The Labute approximate surface area is 348 Å². The maximum absolute atomic E-state index is 4.75. The summed E-state index contributed by atoms with van der Waals surface area (Å²) in [7, 11) is 0. The van der Waals surface area contributed by atoms with Crippen LogP contribution >= 0.6 is 11.8 Å². The monoisotopic (exact) mass is 787 g/mol. The fraction of sp³-hybridized carbons (Fsp3) is 0.417. The number of nitrogens with zero attached hydrogens (tertiary/aromatic N) is 5. The van der Waals surface area contributed by atoms with Crippen LogP contribution in [0.25, 0.3) is 0 Å². The molecule has 0 spiro atoms. The fourth-order valence-electron chi connectivity index (χ4n) is 6.24. The zero-order valence-electron chi connectivity index (χ0n) is 36.2. The SMILES string of the molecule is CSC(=NCCCCCN=C(C)Nc1c(C)cccc1C)Nc1c(C)cccc1C.Cc1cccc(C)c1N=C=NCCCCCN=CNc1c(C)cccc1C. The summed E-state index contributed by atoms with van der Waals surface area (Å²) in [5, 5.41) is 11.2. The molecule has 4 aromatic rings. The van der Waals surface area contributed by atoms with Crippen molar-refractivity contribution in [3.63, 3.8) is 0 Å². The molecule has 0 saturated carbocycles. The second kappa shape index (κ2) is 26.0. The third kappa shape index (κ3) is 17.0. The molecule has 0 atom stereocenters. The number of para-hydroxylation sites is 4. The standard InChI is InChI=1S/C25H36N4S.C23H30N4/c1-18-12-10-13-19(2)23(18)28-22(5)26-16-8-7-9-17-27-25(30-6)29-24-20(3)14-11-15-21(24)4;1-18-10-8-11-19(2)22(18)26-16-24-14-6-5-7-15-25-17-27-23-20(3)12-9-13-21(23)4/h10-15H,7-9,16-17H2,1-6H3,(H,26,28)(H,27,29);8-13,16H,5-7,14-15H2,1-4H3,(H,24,26). The van der Waals surface area contributed by atoms with Crippen molar-refractivity contribution in [2.75, 3.05) is 48.4 Å². The van der Waals surface area contributed by atoms with E-state index in [1.807, 2.05) is 19.3 Å². The molecular formula is C48H66N8S. The van der Waals surface area contributed by atoms with Crippen LogP contribution in [0.2, 0.25) is 0 Å². The highest BCUT2D eigenvalue weighted by atomic mass is 32.2. The Bertz CT molecular complexity index is 1920. The number of aliphatic imine (C=N–C) groups is 5. The molecule has 304 valence electrons. The number of aryl methyl sites for hydroxylation is 8. The van der Waals surface area contributed by atoms with Gasteiger partial charge in [-0.05, 0) is 152 Å². The van der Waals surface area contributed by atoms with E-state index in [0.717, 1.165) is 98.2 Å². The first-order valence-corrected chi connectivity index (χ1v) is 21.5. The predicted molar refractivity (Wildman–Crippen MR) is 254 cm³/mol. The molecule has 0 saturated heterocycles. The van der Waals surface area contributed by atoms with Crippen molar-refractivity contribution in [3.05, 3.63) is 117 Å². The van der Waals surface area contributed by atoms with Gasteiger partial charge in [-0.3, -0.25) is 15.0 Å². The van der Waals surface area contributed by atoms with Crippen LogP contribution in [0.5, 0.6) is 0 Å². The van der Waals surface area contributed by atoms with Gasteiger partial charge in [-0.15, -0.1) is 0 Å². The van der Waals surface area contributed by atoms with Crippen LogP contribution in [-0.2, 0) is 0 Å². The molecule has 8 nitrogen and oxygen atoms in total. The van der Waals surface area contributed by atoms with Crippen LogP contribution in [0.15, 0.2) is 97.8 Å². The van der Waals surface area contributed by atoms with Crippen LogP contribution in [0.1, 0.15) is 90.0 Å². The van der Waals surface area contributed by atoms with E-state index in [0.29, 0.717) is 0 Å². The highest BCUT2D eigenvalue weighted by molar-refractivity contribution is 8.13. The second-order valence-electron chi connectivity index (χ2n) is 14.5. The van der Waals surface area contributed by atoms with Gasteiger partial charge in [0.2, 0.25) is 0 Å². The van der Waals surface area contributed by atoms with Crippen LogP contribution < -0.4 is 16.0 Å². The average molecular weight is 787 g/mol. The highest BCUT2D eigenvalue weighted by Gasteiger charge is 2.06. The van der Waals surface area contributed by atoms with Crippen LogP contribution in [0.3, 0.4) is 0 Å². The van der Waals surface area contributed by atoms with E-state index >= 15 is 0 Å². The van der Waals surface area contributed by atoms with Crippen molar-refractivity contribution in [2.45, 2.75) is 101 Å². The van der Waals surface area contributed by atoms with Crippen molar-refractivity contribution < 1.29 is 0 Å². The Balaban J connectivity index is 0.000000307. The number of anilines is 3. The molecule has 0 aliphatic rings. The van der Waals surface area contributed by atoms with Crippen LogP contribution in [0, 0.1) is 55.4 Å². The van der Waals surface area contributed by atoms with Crippen molar-refractivity contribution in [1.29, 1.82) is 0 Å². The third-order valence-corrected chi connectivity index (χ3v) is 10.2. The summed E-state index contributed by atoms with van der Waals surface area (Å²) in [4.78, 5) is 22.5. The lowest BCUT2D eigenvalue weighted by atomic mass is 10.1. The second-order valence-corrected chi connectivity index (χ2v) is 15.3. The van der Waals surface area contributed by atoms with Gasteiger partial charge in [-0.2, -0.15) is 4.99 Å². The lowest BCUT2D eigenvalue weighted by Gasteiger charge is -2.13. The minimum atomic E-state index is 0.763. The summed E-state index contributed by atoms with van der Waals surface area (Å²) in [6.07, 6.45) is 10.4. The number of rotatable bonds is 17. The summed E-state index contributed by atoms with van der Waals surface area (Å²) in [6, 6.07) is 28.0. The molecule has 0 unspecified atom stereocenters. The van der Waals surface area contributed by atoms with Gasteiger partial charge in [-0.1, -0.05) is 84.6 Å². The largest absolute Gasteiger partial charge is 0.346 e. The molecule has 3 N–H and O–H groups in total. The van der Waals surface area contributed by atoms with E-state index in [1.165, 1.54) is 44.8 Å². The maximum atomic E-state index is 4.75. The minimum absolute atomic E-state index is 0.763. The lowest BCUT2D eigenvalue weighted by molar-refractivity contribution is 0.697. The number of amidine groups is 2. The highest BCUT2D eigenvalue weighted by Crippen LogP contribution is 2.23. The topological polar surface area (TPSA) is 97.9 Å². The van der Waals surface area contributed by atoms with Crippen molar-refractivity contribution in [1.82, 2.24) is 0 Å². The molecule has 57 heavy (non-hydrogen) atoms. The van der Waals surface area contributed by atoms with E-state index in [2.05, 4.69) is 170 Å². The van der Waals surface area contributed by atoms with E-state index in [1.54, 1.807) is 11.8 Å². The van der Waals surface area contributed by atoms with Crippen molar-refractivity contribution in [3.8, 4) is 0 Å². The molecule has 4 rings (SSSR count). The molecule has 0 aliphatic carbocycles. The zero-order chi connectivity index (χ0) is 41.4. The molecule has 0 bridgehead atoms. The Hall–Kier alpha value is -4.98. The first-order valence-electron chi connectivity index (χ1n) is 20.3. The first-order chi connectivity index (χ1) is 27.5. The molecule has 4 aromatic carbocycles. The summed E-state index contributed by atoms with van der Waals surface area (Å²) < 4.78 is 0. The van der Waals surface area contributed by atoms with Crippen LogP contribution in [0.4, 0.5) is 22.7 Å². The van der Waals surface area contributed by atoms with Crippen LogP contribution in [-0.4, -0.2) is 55.8 Å². The first kappa shape index (κ1) is 46.4. The molecule has 0 amide bonds. The number of nitrogens with one attached hydrogen (secondary N) is 3. The van der Waals surface area contributed by atoms with Gasteiger partial charge in [0.1, 0.15) is 0 Å². The Kier molecular flexibility index (Phi) is 21.2. The van der Waals surface area contributed by atoms with Gasteiger partial charge in [0.15, 0.2) is 5.17 Å². The van der Waals surface area contributed by atoms with E-state index in [4.69, 9.17) is 4.99 Å². The van der Waals surface area contributed by atoms with Gasteiger partial charge in [0.05, 0.1) is 23.9 Å². The average Bonchev–Trinajstić information content (AvgIpc) is 3.18. The summed E-state index contributed by atoms with van der Waals surface area (Å²) in [5.74, 6) is 0.980. The number of hydrogen-bond donors (Lipinski definition) is 3. The molecule has 0 aliphatic heterocycles. The van der Waals surface area contributed by atoms with Gasteiger partial charge < -0.3 is 16.0 Å². The van der Waals surface area contributed by atoms with E-state index < -0.39 is 0 Å². The summed E-state index contributed by atoms with van der Waals surface area (Å²) >= 11 is 1.67. The zero-order valence-corrected chi connectivity index (χ0v) is 37.0. The summed E-state index contributed by atoms with van der Waals surface area (Å²) in [5.41, 5.74) is 14.3. The molecule has 9 heteroatoms. The normalized spacial score (nSPS) is 11.5. The minimum Gasteiger partial charge on any atom is -0.346 e. The predicted octanol–water partition coefficient (Wildman–Crippen LogP) is 12.8. The fourth-order valence-corrected chi connectivity index (χ4v) is 6.66. The van der Waals surface area contributed by atoms with Crippen molar-refractivity contribution >= 4 is 57.9 Å². The van der Waals surface area contributed by atoms with Gasteiger partial charge in [0, 0.05) is 43.2 Å². The van der Waals surface area contributed by atoms with Gasteiger partial charge >= 0.3 is 0 Å². The molecular weight excluding hydrogens is 721 g/mol. The Morgan fingerprint density at radius 3 is 1.51 bits per heavy atom. The van der Waals surface area contributed by atoms with Gasteiger partial charge in [0.25, 0.3) is 0 Å². The summed E-state index contributed by atoms with van der Waals surface area (Å²) in [6.45, 7) is 22.2. The lowest BCUT2D eigenvalue weighted by Crippen LogP contribution is -2.11. The van der Waals surface area contributed by atoms with Gasteiger partial charge in [-0.25, -0.2) is 4.99 Å². The maximum Gasteiger partial charge on any atom is 0.160 e. The third-order valence-electron chi connectivity index (χ3n) is 9.62. The Morgan fingerprint density at radius 1 is 0.544 bits per heavy atom. The molecule has 0 heterocycles. The Morgan fingerprint density at radius 2 is 0.982 bits per heavy atom. The molecule has 0 fully saturated rings. The van der Waals surface area contributed by atoms with E-state index in [9.17, 15) is 0 Å². The number of unbranched alkanes of at least 4 members (excludes halogenated alkanes) is 4. The molecule has 0 aromatic heterocycles. The number of hydrogen-bond acceptors (Lipinski definition) is 6. The smallest absolute Gasteiger partial charge is 0.160 e. The quantitative estimate of drug-likeness (QED) is 0.0564. The van der Waals surface area contributed by atoms with E-state index in [-0.39, 0.29) is 0 Å².